The Morgan fingerprint density at radius 1 is 1.00 bits per heavy atom. The Labute approximate surface area is 85.9 Å². The Hall–Kier alpha value is -0.860. The van der Waals surface area contributed by atoms with Gasteiger partial charge in [-0.05, 0) is 13.8 Å². The summed E-state index contributed by atoms with van der Waals surface area (Å²) < 4.78 is 11.1. The predicted molar refractivity (Wildman–Crippen MR) is 58.2 cm³/mol. The van der Waals surface area contributed by atoms with E-state index in [-0.39, 0.29) is 12.2 Å². The average molecular weight is 194 g/mol. The van der Waals surface area contributed by atoms with Gasteiger partial charge in [0.05, 0.1) is 13.2 Å². The van der Waals surface area contributed by atoms with Gasteiger partial charge in [0, 0.05) is 0 Å². The van der Waals surface area contributed by atoms with Crippen LogP contribution >= 0.6 is 0 Å². The van der Waals surface area contributed by atoms with Crippen molar-refractivity contribution in [2.75, 3.05) is 13.2 Å². The highest BCUT2D eigenvalue weighted by molar-refractivity contribution is 5.14. The van der Waals surface area contributed by atoms with Gasteiger partial charge in [-0.2, -0.15) is 0 Å². The van der Waals surface area contributed by atoms with Crippen LogP contribution in [0.5, 0.6) is 0 Å². The maximum atomic E-state index is 5.54. The zero-order valence-corrected chi connectivity index (χ0v) is 8.95. The molecule has 2 nitrogen and oxygen atoms in total. The van der Waals surface area contributed by atoms with E-state index >= 15 is 0 Å². The first-order chi connectivity index (χ1) is 6.59. The largest absolute Gasteiger partial charge is 0.367 e. The van der Waals surface area contributed by atoms with Crippen LogP contribution in [-0.2, 0) is 9.47 Å². The lowest BCUT2D eigenvalue weighted by Crippen LogP contribution is -2.36. The highest BCUT2D eigenvalue weighted by atomic mass is 16.5. The quantitative estimate of drug-likeness (QED) is 0.605. The van der Waals surface area contributed by atoms with Crippen LogP contribution in [0.3, 0.4) is 0 Å². The Kier molecular flexibility index (Phi) is 4.11. The Balaban J connectivity index is 2.19. The lowest BCUT2D eigenvalue weighted by atomic mass is 10.0. The molecule has 0 saturated heterocycles. The molecule has 2 atom stereocenters. The molecule has 1 aliphatic carbocycles. The summed E-state index contributed by atoms with van der Waals surface area (Å²) in [5.74, 6) is 0. The van der Waals surface area contributed by atoms with E-state index in [1.54, 1.807) is 0 Å². The standard InChI is InChI=1S/C12H18O2/c1-9(2)7-13-11-5-6-12(11)14-8-10(3)4/h5-6,11-12H,1,3,7-8H2,2,4H3/t11-,12+. The molecule has 0 aromatic rings. The van der Waals surface area contributed by atoms with Crippen molar-refractivity contribution in [3.05, 3.63) is 36.5 Å². The average Bonchev–Trinajstić information content (AvgIpc) is 2.01. The minimum atomic E-state index is 0.0889. The summed E-state index contributed by atoms with van der Waals surface area (Å²) in [6.07, 6.45) is 4.19. The van der Waals surface area contributed by atoms with E-state index in [9.17, 15) is 0 Å². The minimum absolute atomic E-state index is 0.0889. The third kappa shape index (κ3) is 3.48. The summed E-state index contributed by atoms with van der Waals surface area (Å²) in [6.45, 7) is 12.7. The molecule has 0 radical (unpaired) electrons. The maximum absolute atomic E-state index is 5.54. The van der Waals surface area contributed by atoms with Crippen LogP contribution in [0.25, 0.3) is 0 Å². The van der Waals surface area contributed by atoms with Gasteiger partial charge in [-0.25, -0.2) is 0 Å². The highest BCUT2D eigenvalue weighted by Crippen LogP contribution is 2.18. The van der Waals surface area contributed by atoms with E-state index in [4.69, 9.17) is 9.47 Å². The minimum Gasteiger partial charge on any atom is -0.367 e. The first kappa shape index (κ1) is 11.2. The fraction of sp³-hybridized carbons (Fsp3) is 0.500. The molecule has 0 aromatic heterocycles. The number of hydrogen-bond donors (Lipinski definition) is 0. The van der Waals surface area contributed by atoms with Gasteiger partial charge in [0.1, 0.15) is 12.2 Å². The molecule has 0 fully saturated rings. The fourth-order valence-corrected chi connectivity index (χ4v) is 1.07. The van der Waals surface area contributed by atoms with Crippen molar-refractivity contribution >= 4 is 0 Å². The van der Waals surface area contributed by atoms with Crippen LogP contribution in [0.15, 0.2) is 36.5 Å². The van der Waals surface area contributed by atoms with Crippen molar-refractivity contribution in [3.63, 3.8) is 0 Å². The molecule has 0 unspecified atom stereocenters. The summed E-state index contributed by atoms with van der Waals surface area (Å²) in [5.41, 5.74) is 2.06. The lowest BCUT2D eigenvalue weighted by Gasteiger charge is -2.29. The molecule has 0 saturated carbocycles. The molecule has 0 amide bonds. The molecule has 14 heavy (non-hydrogen) atoms. The molecule has 0 heterocycles. The number of ether oxygens (including phenoxy) is 2. The van der Waals surface area contributed by atoms with Gasteiger partial charge in [0.15, 0.2) is 0 Å². The van der Waals surface area contributed by atoms with Gasteiger partial charge in [-0.3, -0.25) is 0 Å². The molecule has 0 bridgehead atoms. The normalized spacial score (nSPS) is 24.4. The summed E-state index contributed by atoms with van der Waals surface area (Å²) in [4.78, 5) is 0. The van der Waals surface area contributed by atoms with Crippen LogP contribution in [0, 0.1) is 0 Å². The molecule has 2 heteroatoms. The SMILES string of the molecule is C=C(C)CO[C@H]1C=C[C@H]1OCC(=C)C. The van der Waals surface area contributed by atoms with Crippen molar-refractivity contribution in [1.82, 2.24) is 0 Å². The molecular weight excluding hydrogens is 176 g/mol. The first-order valence-corrected chi connectivity index (χ1v) is 4.80. The molecule has 0 N–H and O–H groups in total. The van der Waals surface area contributed by atoms with Crippen LogP contribution in [0.4, 0.5) is 0 Å². The molecular formula is C12H18O2. The van der Waals surface area contributed by atoms with Crippen molar-refractivity contribution in [2.24, 2.45) is 0 Å². The van der Waals surface area contributed by atoms with E-state index in [0.29, 0.717) is 13.2 Å². The van der Waals surface area contributed by atoms with Crippen LogP contribution in [-0.4, -0.2) is 25.4 Å². The Morgan fingerprint density at radius 2 is 1.36 bits per heavy atom. The molecule has 1 rings (SSSR count). The second kappa shape index (κ2) is 5.13. The fourth-order valence-electron chi connectivity index (χ4n) is 1.07. The smallest absolute Gasteiger partial charge is 0.106 e. The van der Waals surface area contributed by atoms with Crippen molar-refractivity contribution < 1.29 is 9.47 Å². The highest BCUT2D eigenvalue weighted by Gasteiger charge is 2.25. The molecule has 1 aliphatic rings. The van der Waals surface area contributed by atoms with Gasteiger partial charge in [-0.15, -0.1) is 0 Å². The van der Waals surface area contributed by atoms with Crippen molar-refractivity contribution in [1.29, 1.82) is 0 Å². The van der Waals surface area contributed by atoms with Gasteiger partial charge >= 0.3 is 0 Å². The van der Waals surface area contributed by atoms with Gasteiger partial charge < -0.3 is 9.47 Å². The van der Waals surface area contributed by atoms with Gasteiger partial charge in [0.25, 0.3) is 0 Å². The summed E-state index contributed by atoms with van der Waals surface area (Å²) in [6, 6.07) is 0. The predicted octanol–water partition coefficient (Wildman–Crippen LogP) is 2.48. The topological polar surface area (TPSA) is 18.5 Å². The molecule has 0 aliphatic heterocycles. The Bertz CT molecular complexity index is 227. The van der Waals surface area contributed by atoms with E-state index in [1.165, 1.54) is 0 Å². The lowest BCUT2D eigenvalue weighted by molar-refractivity contribution is -0.0309. The zero-order valence-electron chi connectivity index (χ0n) is 8.95. The third-order valence-electron chi connectivity index (χ3n) is 1.86. The van der Waals surface area contributed by atoms with Gasteiger partial charge in [0.2, 0.25) is 0 Å². The monoisotopic (exact) mass is 194 g/mol. The van der Waals surface area contributed by atoms with Crippen molar-refractivity contribution in [3.8, 4) is 0 Å². The second-order valence-electron chi connectivity index (χ2n) is 3.85. The van der Waals surface area contributed by atoms with E-state index < -0.39 is 0 Å². The van der Waals surface area contributed by atoms with Gasteiger partial charge in [-0.1, -0.05) is 36.5 Å². The zero-order chi connectivity index (χ0) is 10.6. The van der Waals surface area contributed by atoms with E-state index in [0.717, 1.165) is 11.1 Å². The van der Waals surface area contributed by atoms with Crippen LogP contribution < -0.4 is 0 Å². The maximum Gasteiger partial charge on any atom is 0.106 e. The number of hydrogen-bond acceptors (Lipinski definition) is 2. The summed E-state index contributed by atoms with van der Waals surface area (Å²) in [7, 11) is 0. The third-order valence-corrected chi connectivity index (χ3v) is 1.86. The summed E-state index contributed by atoms with van der Waals surface area (Å²) in [5, 5.41) is 0. The first-order valence-electron chi connectivity index (χ1n) is 4.80. The van der Waals surface area contributed by atoms with Crippen LogP contribution in [0.2, 0.25) is 0 Å². The Morgan fingerprint density at radius 3 is 1.57 bits per heavy atom. The van der Waals surface area contributed by atoms with Crippen LogP contribution in [0.1, 0.15) is 13.8 Å². The molecule has 0 spiro atoms. The molecule has 78 valence electrons. The van der Waals surface area contributed by atoms with E-state index in [1.807, 2.05) is 26.0 Å². The molecule has 0 aromatic carbocycles. The van der Waals surface area contributed by atoms with Crippen molar-refractivity contribution in [2.45, 2.75) is 26.1 Å². The second-order valence-corrected chi connectivity index (χ2v) is 3.85. The van der Waals surface area contributed by atoms with E-state index in [2.05, 4.69) is 13.2 Å². The number of rotatable bonds is 6. The summed E-state index contributed by atoms with van der Waals surface area (Å²) >= 11 is 0.